The summed E-state index contributed by atoms with van der Waals surface area (Å²) in [4.78, 5) is 42.0. The van der Waals surface area contributed by atoms with E-state index in [2.05, 4.69) is 5.32 Å². The molecule has 0 bridgehead atoms. The topological polar surface area (TPSA) is 122 Å². The van der Waals surface area contributed by atoms with Gasteiger partial charge in [0.2, 0.25) is 5.91 Å². The average molecular weight is 500 g/mol. The maximum atomic E-state index is 13.4. The van der Waals surface area contributed by atoms with Crippen molar-refractivity contribution in [2.75, 3.05) is 36.2 Å². The van der Waals surface area contributed by atoms with Crippen molar-refractivity contribution in [1.29, 1.82) is 0 Å². The summed E-state index contributed by atoms with van der Waals surface area (Å²) in [6.45, 7) is 1.85. The van der Waals surface area contributed by atoms with Crippen molar-refractivity contribution in [3.63, 3.8) is 0 Å². The van der Waals surface area contributed by atoms with Gasteiger partial charge in [-0.15, -0.1) is 0 Å². The third-order valence-electron chi connectivity index (χ3n) is 6.56. The SMILES string of the molecule is CC1(c2ccc3c(c2)OCCO3)NC(=O)N(CC(=O)N(c2ccccc2)C2CCS(=O)(=O)C2)C1=O. The smallest absolute Gasteiger partial charge is 0.325 e. The Labute approximate surface area is 202 Å². The van der Waals surface area contributed by atoms with Gasteiger partial charge in [0.15, 0.2) is 21.3 Å². The lowest BCUT2D eigenvalue weighted by Crippen LogP contribution is -2.48. The Kier molecular flexibility index (Phi) is 5.66. The number of carbonyl (C=O) groups is 3. The molecule has 3 aliphatic heterocycles. The number of imide groups is 1. The van der Waals surface area contributed by atoms with E-state index in [0.29, 0.717) is 36.0 Å². The fourth-order valence-corrected chi connectivity index (χ4v) is 6.43. The molecule has 11 heteroatoms. The van der Waals surface area contributed by atoms with E-state index >= 15 is 0 Å². The number of para-hydroxylation sites is 1. The molecular weight excluding hydrogens is 474 g/mol. The van der Waals surface area contributed by atoms with Crippen molar-refractivity contribution in [3.8, 4) is 11.5 Å². The van der Waals surface area contributed by atoms with Crippen molar-refractivity contribution >= 4 is 33.4 Å². The summed E-state index contributed by atoms with van der Waals surface area (Å²) in [7, 11) is -3.27. The van der Waals surface area contributed by atoms with Gasteiger partial charge in [0.1, 0.15) is 25.3 Å². The summed E-state index contributed by atoms with van der Waals surface area (Å²) in [5.74, 6) is -0.267. The molecule has 2 aromatic rings. The van der Waals surface area contributed by atoms with Crippen LogP contribution in [0.3, 0.4) is 0 Å². The number of nitrogens with one attached hydrogen (secondary N) is 1. The highest BCUT2D eigenvalue weighted by Crippen LogP contribution is 2.37. The van der Waals surface area contributed by atoms with Crippen LogP contribution in [0.2, 0.25) is 0 Å². The van der Waals surface area contributed by atoms with Crippen molar-refractivity contribution in [2.45, 2.75) is 24.9 Å². The summed E-state index contributed by atoms with van der Waals surface area (Å²) >= 11 is 0. The minimum atomic E-state index is -3.27. The van der Waals surface area contributed by atoms with Crippen molar-refractivity contribution < 1.29 is 32.3 Å². The summed E-state index contributed by atoms with van der Waals surface area (Å²) in [6, 6.07) is 12.4. The molecule has 4 amide bonds. The fraction of sp³-hybridized carbons (Fsp3) is 0.375. The summed E-state index contributed by atoms with van der Waals surface area (Å²) in [5.41, 5.74) is -0.389. The molecule has 35 heavy (non-hydrogen) atoms. The van der Waals surface area contributed by atoms with E-state index < -0.39 is 45.8 Å². The first-order valence-electron chi connectivity index (χ1n) is 11.3. The number of urea groups is 1. The van der Waals surface area contributed by atoms with E-state index in [-0.39, 0.29) is 17.9 Å². The number of amides is 4. The number of fused-ring (bicyclic) bond motifs is 1. The first-order chi connectivity index (χ1) is 16.7. The number of anilines is 1. The van der Waals surface area contributed by atoms with Crippen LogP contribution < -0.4 is 19.7 Å². The van der Waals surface area contributed by atoms with Gasteiger partial charge >= 0.3 is 6.03 Å². The van der Waals surface area contributed by atoms with Crippen LogP contribution in [0.5, 0.6) is 11.5 Å². The molecule has 10 nitrogen and oxygen atoms in total. The predicted octanol–water partition coefficient (Wildman–Crippen LogP) is 1.45. The molecule has 0 aromatic heterocycles. The van der Waals surface area contributed by atoms with E-state index in [0.717, 1.165) is 4.90 Å². The molecule has 2 unspecified atom stereocenters. The van der Waals surface area contributed by atoms with Gasteiger partial charge in [0.25, 0.3) is 5.91 Å². The molecular formula is C24H25N3O7S. The Hall–Kier alpha value is -3.60. The number of hydrogen-bond acceptors (Lipinski definition) is 7. The van der Waals surface area contributed by atoms with Gasteiger partial charge in [-0.25, -0.2) is 13.2 Å². The molecule has 2 atom stereocenters. The molecule has 2 fully saturated rings. The molecule has 184 valence electrons. The average Bonchev–Trinajstić information content (AvgIpc) is 3.30. The normalized spacial score (nSPS) is 24.8. The Morgan fingerprint density at radius 1 is 1.11 bits per heavy atom. The van der Waals surface area contributed by atoms with E-state index in [1.54, 1.807) is 55.5 Å². The second-order valence-electron chi connectivity index (χ2n) is 8.96. The number of benzene rings is 2. The molecule has 3 aliphatic rings. The molecule has 0 saturated carbocycles. The van der Waals surface area contributed by atoms with Gasteiger partial charge < -0.3 is 19.7 Å². The number of nitrogens with zero attached hydrogens (tertiary/aromatic N) is 2. The van der Waals surface area contributed by atoms with Crippen LogP contribution in [0.4, 0.5) is 10.5 Å². The van der Waals surface area contributed by atoms with E-state index in [1.807, 2.05) is 0 Å². The lowest BCUT2D eigenvalue weighted by Gasteiger charge is -2.30. The molecule has 0 radical (unpaired) electrons. The molecule has 5 rings (SSSR count). The second-order valence-corrected chi connectivity index (χ2v) is 11.2. The number of sulfone groups is 1. The number of rotatable bonds is 5. The monoisotopic (exact) mass is 499 g/mol. The second kappa shape index (κ2) is 8.56. The highest BCUT2D eigenvalue weighted by molar-refractivity contribution is 7.91. The minimum absolute atomic E-state index is 0.0143. The highest BCUT2D eigenvalue weighted by Gasteiger charge is 2.50. The van der Waals surface area contributed by atoms with Gasteiger partial charge in [-0.3, -0.25) is 14.5 Å². The quantitative estimate of drug-likeness (QED) is 0.618. The Morgan fingerprint density at radius 2 is 1.83 bits per heavy atom. The standard InChI is InChI=1S/C24H25N3O7S/c1-24(16-7-8-19-20(13-16)34-11-10-33-19)22(29)26(23(30)25-24)14-21(28)27(17-5-3-2-4-6-17)18-9-12-35(31,32)15-18/h2-8,13,18H,9-12,14-15H2,1H3,(H,25,30). The minimum Gasteiger partial charge on any atom is -0.486 e. The van der Waals surface area contributed by atoms with Crippen LogP contribution in [0, 0.1) is 0 Å². The van der Waals surface area contributed by atoms with E-state index in [1.165, 1.54) is 4.90 Å². The van der Waals surface area contributed by atoms with Gasteiger partial charge in [-0.2, -0.15) is 0 Å². The fourth-order valence-electron chi connectivity index (χ4n) is 4.73. The Bertz CT molecular complexity index is 1300. The Morgan fingerprint density at radius 3 is 2.51 bits per heavy atom. The van der Waals surface area contributed by atoms with E-state index in [9.17, 15) is 22.8 Å². The maximum Gasteiger partial charge on any atom is 0.325 e. The summed E-state index contributed by atoms with van der Waals surface area (Å²) in [6.07, 6.45) is 0.290. The summed E-state index contributed by atoms with van der Waals surface area (Å²) in [5, 5.41) is 2.69. The third kappa shape index (κ3) is 4.20. The molecule has 0 spiro atoms. The van der Waals surface area contributed by atoms with Crippen LogP contribution >= 0.6 is 0 Å². The lowest BCUT2D eigenvalue weighted by atomic mass is 9.91. The zero-order valence-corrected chi connectivity index (χ0v) is 19.9. The number of carbonyl (C=O) groups excluding carboxylic acids is 3. The molecule has 2 saturated heterocycles. The third-order valence-corrected chi connectivity index (χ3v) is 8.31. The number of hydrogen-bond donors (Lipinski definition) is 1. The summed E-state index contributed by atoms with van der Waals surface area (Å²) < 4.78 is 35.3. The zero-order chi connectivity index (χ0) is 24.8. The van der Waals surface area contributed by atoms with Crippen LogP contribution in [0.25, 0.3) is 0 Å². The maximum absolute atomic E-state index is 13.4. The molecule has 1 N–H and O–H groups in total. The van der Waals surface area contributed by atoms with E-state index in [4.69, 9.17) is 9.47 Å². The van der Waals surface area contributed by atoms with Crippen LogP contribution in [0.15, 0.2) is 48.5 Å². The van der Waals surface area contributed by atoms with Crippen LogP contribution in [0.1, 0.15) is 18.9 Å². The molecule has 0 aliphatic carbocycles. The zero-order valence-electron chi connectivity index (χ0n) is 19.1. The van der Waals surface area contributed by atoms with Crippen LogP contribution in [-0.4, -0.2) is 68.5 Å². The van der Waals surface area contributed by atoms with Gasteiger partial charge in [-0.05, 0) is 43.2 Å². The predicted molar refractivity (Wildman–Crippen MR) is 126 cm³/mol. The number of ether oxygens (including phenoxy) is 2. The van der Waals surface area contributed by atoms with Crippen molar-refractivity contribution in [1.82, 2.24) is 10.2 Å². The first kappa shape index (κ1) is 23.2. The Balaban J connectivity index is 1.40. The van der Waals surface area contributed by atoms with Gasteiger partial charge in [0.05, 0.1) is 17.5 Å². The van der Waals surface area contributed by atoms with Gasteiger partial charge in [0, 0.05) is 5.69 Å². The first-order valence-corrected chi connectivity index (χ1v) is 13.1. The molecule has 3 heterocycles. The van der Waals surface area contributed by atoms with Gasteiger partial charge in [-0.1, -0.05) is 24.3 Å². The van der Waals surface area contributed by atoms with Crippen molar-refractivity contribution in [3.05, 3.63) is 54.1 Å². The van der Waals surface area contributed by atoms with Crippen molar-refractivity contribution in [2.24, 2.45) is 0 Å². The largest absolute Gasteiger partial charge is 0.486 e. The molecule has 2 aromatic carbocycles. The lowest BCUT2D eigenvalue weighted by molar-refractivity contribution is -0.134. The van der Waals surface area contributed by atoms with Crippen LogP contribution in [-0.2, 0) is 25.0 Å². The highest BCUT2D eigenvalue weighted by atomic mass is 32.2.